The minimum Gasteiger partial charge on any atom is -0.383 e. The molecule has 1 aromatic rings. The fourth-order valence-electron chi connectivity index (χ4n) is 2.82. The molecule has 1 aliphatic heterocycles. The minimum absolute atomic E-state index is 0.0739. The zero-order valence-electron chi connectivity index (χ0n) is 14.4. The number of aliphatic imine (C=N–C) groups is 1. The maximum atomic E-state index is 12.3. The highest BCUT2D eigenvalue weighted by Crippen LogP contribution is 2.23. The molecule has 1 unspecified atom stereocenters. The van der Waals surface area contributed by atoms with Crippen molar-refractivity contribution < 1.29 is 9.53 Å². The molecule has 0 aliphatic carbocycles. The van der Waals surface area contributed by atoms with Crippen molar-refractivity contribution in [3.8, 4) is 6.07 Å². The number of amidine groups is 1. The van der Waals surface area contributed by atoms with Gasteiger partial charge in [0.25, 0.3) is 5.91 Å². The van der Waals surface area contributed by atoms with E-state index in [-0.39, 0.29) is 11.6 Å². The standard InChI is InChI=1S/C17H22N4O2S/c1-11-7-14(13(3)21(11)12(2)10-23-4)8-15(9-18)16(22)20-17-19-5-6-24-17/h7-8,12H,5-6,10H2,1-4H3,(H,19,20,22)/b15-8+. The topological polar surface area (TPSA) is 79.4 Å². The average molecular weight is 346 g/mol. The van der Waals surface area contributed by atoms with Gasteiger partial charge in [0.05, 0.1) is 19.2 Å². The van der Waals surface area contributed by atoms with Gasteiger partial charge in [0.15, 0.2) is 5.17 Å². The van der Waals surface area contributed by atoms with Gasteiger partial charge in [-0.25, -0.2) is 0 Å². The normalized spacial score (nSPS) is 15.8. The molecule has 1 N–H and O–H groups in total. The van der Waals surface area contributed by atoms with E-state index in [4.69, 9.17) is 4.74 Å². The number of ether oxygens (including phenoxy) is 1. The Hall–Kier alpha value is -2.04. The van der Waals surface area contributed by atoms with Crippen molar-refractivity contribution in [2.24, 2.45) is 4.99 Å². The van der Waals surface area contributed by atoms with Crippen LogP contribution >= 0.6 is 11.8 Å². The summed E-state index contributed by atoms with van der Waals surface area (Å²) in [6, 6.07) is 4.15. The molecule has 0 bridgehead atoms. The molecule has 24 heavy (non-hydrogen) atoms. The second-order valence-electron chi connectivity index (χ2n) is 5.66. The molecule has 1 atom stereocenters. The lowest BCUT2D eigenvalue weighted by atomic mass is 10.1. The summed E-state index contributed by atoms with van der Waals surface area (Å²) in [5, 5.41) is 12.6. The van der Waals surface area contributed by atoms with E-state index >= 15 is 0 Å². The van der Waals surface area contributed by atoms with Crippen LogP contribution in [0.3, 0.4) is 0 Å². The molecule has 1 amide bonds. The highest BCUT2D eigenvalue weighted by Gasteiger charge is 2.17. The van der Waals surface area contributed by atoms with Gasteiger partial charge in [0, 0.05) is 24.3 Å². The summed E-state index contributed by atoms with van der Waals surface area (Å²) in [6.07, 6.45) is 1.63. The predicted octanol–water partition coefficient (Wildman–Crippen LogP) is 2.44. The Morgan fingerprint density at radius 3 is 2.96 bits per heavy atom. The van der Waals surface area contributed by atoms with Crippen molar-refractivity contribution in [3.63, 3.8) is 0 Å². The van der Waals surface area contributed by atoms with Crippen molar-refractivity contribution in [3.05, 3.63) is 28.6 Å². The Labute approximate surface area is 146 Å². The van der Waals surface area contributed by atoms with E-state index in [0.29, 0.717) is 18.3 Å². The molecular weight excluding hydrogens is 324 g/mol. The van der Waals surface area contributed by atoms with E-state index in [1.165, 1.54) is 11.8 Å². The van der Waals surface area contributed by atoms with Gasteiger partial charge < -0.3 is 14.6 Å². The van der Waals surface area contributed by atoms with Crippen molar-refractivity contribution >= 4 is 28.9 Å². The van der Waals surface area contributed by atoms with E-state index < -0.39 is 5.91 Å². The third-order valence-corrected chi connectivity index (χ3v) is 4.73. The van der Waals surface area contributed by atoms with Gasteiger partial charge in [0.2, 0.25) is 0 Å². The highest BCUT2D eigenvalue weighted by atomic mass is 32.2. The molecule has 0 spiro atoms. The maximum Gasteiger partial charge on any atom is 0.267 e. The first-order valence-corrected chi connectivity index (χ1v) is 8.74. The van der Waals surface area contributed by atoms with Crippen molar-refractivity contribution in [2.45, 2.75) is 26.8 Å². The fourth-order valence-corrected chi connectivity index (χ4v) is 3.55. The van der Waals surface area contributed by atoms with Gasteiger partial charge in [0.1, 0.15) is 11.6 Å². The molecule has 1 aromatic heterocycles. The number of nitrogens with zero attached hydrogens (tertiary/aromatic N) is 3. The molecule has 0 fully saturated rings. The molecular formula is C17H22N4O2S. The van der Waals surface area contributed by atoms with E-state index in [2.05, 4.69) is 21.8 Å². The quantitative estimate of drug-likeness (QED) is 0.656. The molecule has 7 heteroatoms. The number of nitriles is 1. The Morgan fingerprint density at radius 1 is 1.62 bits per heavy atom. The smallest absolute Gasteiger partial charge is 0.267 e. The predicted molar refractivity (Wildman–Crippen MR) is 97.0 cm³/mol. The first-order valence-electron chi connectivity index (χ1n) is 7.75. The van der Waals surface area contributed by atoms with Crippen LogP contribution in [0.2, 0.25) is 0 Å². The molecule has 128 valence electrons. The molecule has 0 aromatic carbocycles. The van der Waals surface area contributed by atoms with Crippen molar-refractivity contribution in [1.29, 1.82) is 5.26 Å². The van der Waals surface area contributed by atoms with E-state index in [0.717, 1.165) is 22.7 Å². The second kappa shape index (κ2) is 8.18. The van der Waals surface area contributed by atoms with Crippen LogP contribution in [0.1, 0.15) is 29.9 Å². The maximum absolute atomic E-state index is 12.3. The lowest BCUT2D eigenvalue weighted by Gasteiger charge is -2.17. The first-order chi connectivity index (χ1) is 11.5. The summed E-state index contributed by atoms with van der Waals surface area (Å²) >= 11 is 1.49. The summed E-state index contributed by atoms with van der Waals surface area (Å²) in [5.41, 5.74) is 3.01. The zero-order chi connectivity index (χ0) is 17.7. The van der Waals surface area contributed by atoms with Crippen LogP contribution in [-0.4, -0.2) is 41.7 Å². The summed E-state index contributed by atoms with van der Waals surface area (Å²) < 4.78 is 7.38. The van der Waals surface area contributed by atoms with Crippen LogP contribution in [0.15, 0.2) is 16.6 Å². The van der Waals surface area contributed by atoms with Crippen molar-refractivity contribution in [2.75, 3.05) is 26.0 Å². The van der Waals surface area contributed by atoms with E-state index in [1.54, 1.807) is 13.2 Å². The monoisotopic (exact) mass is 346 g/mol. The zero-order valence-corrected chi connectivity index (χ0v) is 15.2. The van der Waals surface area contributed by atoms with Gasteiger partial charge in [-0.2, -0.15) is 5.26 Å². The number of nitrogens with one attached hydrogen (secondary N) is 1. The van der Waals surface area contributed by atoms with Crippen LogP contribution in [0, 0.1) is 25.2 Å². The second-order valence-corrected chi connectivity index (χ2v) is 6.74. The van der Waals surface area contributed by atoms with Gasteiger partial charge in [-0.15, -0.1) is 0 Å². The molecule has 0 saturated heterocycles. The number of rotatable bonds is 5. The third-order valence-electron chi connectivity index (χ3n) is 3.84. The van der Waals surface area contributed by atoms with E-state index in [1.807, 2.05) is 26.0 Å². The van der Waals surface area contributed by atoms with Crippen LogP contribution in [0.5, 0.6) is 0 Å². The summed E-state index contributed by atoms with van der Waals surface area (Å²) in [4.78, 5) is 16.4. The molecule has 2 rings (SSSR count). The summed E-state index contributed by atoms with van der Waals surface area (Å²) in [6.45, 7) is 7.36. The first kappa shape index (κ1) is 18.3. The van der Waals surface area contributed by atoms with Gasteiger partial charge >= 0.3 is 0 Å². The number of methoxy groups -OCH3 is 1. The third kappa shape index (κ3) is 4.08. The highest BCUT2D eigenvalue weighted by molar-refractivity contribution is 8.14. The van der Waals surface area contributed by atoms with Gasteiger partial charge in [-0.05, 0) is 38.5 Å². The number of aryl methyl sites for hydroxylation is 1. The summed E-state index contributed by atoms with van der Waals surface area (Å²) in [5.74, 6) is 0.445. The molecule has 1 aliphatic rings. The Balaban J connectivity index is 2.26. The van der Waals surface area contributed by atoms with Crippen LogP contribution in [0.4, 0.5) is 0 Å². The number of hydrogen-bond acceptors (Lipinski definition) is 5. The Kier molecular flexibility index (Phi) is 6.23. The largest absolute Gasteiger partial charge is 0.383 e. The number of carbonyl (C=O) groups is 1. The van der Waals surface area contributed by atoms with E-state index in [9.17, 15) is 10.1 Å². The molecule has 2 heterocycles. The number of carbonyl (C=O) groups excluding carboxylic acids is 1. The number of aromatic nitrogens is 1. The molecule has 6 nitrogen and oxygen atoms in total. The van der Waals surface area contributed by atoms with Gasteiger partial charge in [-0.1, -0.05) is 11.8 Å². The number of hydrogen-bond donors (Lipinski definition) is 1. The fraction of sp³-hybridized carbons (Fsp3) is 0.471. The average Bonchev–Trinajstić information content (AvgIpc) is 3.13. The van der Waals surface area contributed by atoms with Crippen LogP contribution in [0.25, 0.3) is 6.08 Å². The Bertz CT molecular complexity index is 728. The van der Waals surface area contributed by atoms with Crippen LogP contribution < -0.4 is 5.32 Å². The lowest BCUT2D eigenvalue weighted by molar-refractivity contribution is -0.115. The van der Waals surface area contributed by atoms with Crippen molar-refractivity contribution in [1.82, 2.24) is 9.88 Å². The molecule has 0 saturated carbocycles. The minimum atomic E-state index is -0.416. The Morgan fingerprint density at radius 2 is 2.38 bits per heavy atom. The number of thioether (sulfide) groups is 1. The van der Waals surface area contributed by atoms with Gasteiger partial charge in [-0.3, -0.25) is 9.79 Å². The van der Waals surface area contributed by atoms with Crippen LogP contribution in [-0.2, 0) is 9.53 Å². The SMILES string of the molecule is COCC(C)n1c(C)cc(/C=C(\C#N)C(=O)NC2=NCCS2)c1C. The summed E-state index contributed by atoms with van der Waals surface area (Å²) in [7, 11) is 1.67. The lowest BCUT2D eigenvalue weighted by Crippen LogP contribution is -2.28. The number of amides is 1. The molecule has 0 radical (unpaired) electrons.